The Labute approximate surface area is 70.2 Å². The predicted molar refractivity (Wildman–Crippen MR) is 39.7 cm³/mol. The Balaban J connectivity index is 4.32. The zero-order valence-electron chi connectivity index (χ0n) is 6.64. The molecule has 0 saturated heterocycles. The second-order valence-electron chi connectivity index (χ2n) is 2.68. The summed E-state index contributed by atoms with van der Waals surface area (Å²) in [5.41, 5.74) is -1.23. The molecule has 0 atom stereocenters. The molecule has 0 aliphatic carbocycles. The van der Waals surface area contributed by atoms with E-state index < -0.39 is 16.0 Å². The molecule has 0 aromatic heterocycles. The summed E-state index contributed by atoms with van der Waals surface area (Å²) in [5, 5.41) is 0. The molecule has 0 aromatic rings. The second kappa shape index (κ2) is 3.77. The molecule has 0 heterocycles. The normalized spacial score (nSPS) is 12.2. The smallest absolute Gasteiger partial charge is 0.264 e. The maximum absolute atomic E-state index is 10.2. The maximum Gasteiger partial charge on any atom is 0.397 e. The SMILES string of the molecule is CC(C)(CN=C=O)OS(=O)(=O)O. The monoisotopic (exact) mass is 195 g/mol. The van der Waals surface area contributed by atoms with Gasteiger partial charge in [-0.05, 0) is 13.8 Å². The highest BCUT2D eigenvalue weighted by Crippen LogP contribution is 2.11. The summed E-state index contributed by atoms with van der Waals surface area (Å²) in [5.74, 6) is 0. The molecule has 0 rings (SSSR count). The lowest BCUT2D eigenvalue weighted by Gasteiger charge is -2.18. The molecule has 6 nitrogen and oxygen atoms in total. The van der Waals surface area contributed by atoms with Crippen LogP contribution in [0.5, 0.6) is 0 Å². The summed E-state index contributed by atoms with van der Waals surface area (Å²) >= 11 is 0. The van der Waals surface area contributed by atoms with E-state index in [0.29, 0.717) is 0 Å². The molecule has 0 aromatic carbocycles. The van der Waals surface area contributed by atoms with Crippen LogP contribution in [0.2, 0.25) is 0 Å². The van der Waals surface area contributed by atoms with Gasteiger partial charge in [-0.25, -0.2) is 14.0 Å². The summed E-state index contributed by atoms with van der Waals surface area (Å²) in [6.45, 7) is 2.54. The van der Waals surface area contributed by atoms with Gasteiger partial charge in [0, 0.05) is 0 Å². The Hall–Kier alpha value is -0.750. The largest absolute Gasteiger partial charge is 0.397 e. The summed E-state index contributed by atoms with van der Waals surface area (Å²) < 4.78 is 32.9. The molecule has 0 spiro atoms. The number of hydrogen-bond donors (Lipinski definition) is 1. The van der Waals surface area contributed by atoms with E-state index in [9.17, 15) is 13.2 Å². The molecule has 0 bridgehead atoms. The lowest BCUT2D eigenvalue weighted by atomic mass is 10.1. The summed E-state index contributed by atoms with van der Waals surface area (Å²) in [6.07, 6.45) is 1.23. The van der Waals surface area contributed by atoms with E-state index in [1.807, 2.05) is 0 Å². The average molecular weight is 195 g/mol. The van der Waals surface area contributed by atoms with E-state index in [1.54, 1.807) is 0 Å². The van der Waals surface area contributed by atoms with Crippen LogP contribution >= 0.6 is 0 Å². The first kappa shape index (κ1) is 11.2. The van der Waals surface area contributed by atoms with Crippen LogP contribution in [0.15, 0.2) is 4.99 Å². The topological polar surface area (TPSA) is 93.0 Å². The van der Waals surface area contributed by atoms with Gasteiger partial charge in [-0.15, -0.1) is 0 Å². The van der Waals surface area contributed by atoms with Crippen molar-refractivity contribution in [2.75, 3.05) is 6.54 Å². The number of nitrogens with zero attached hydrogens (tertiary/aromatic N) is 1. The summed E-state index contributed by atoms with van der Waals surface area (Å²) in [7, 11) is -4.50. The van der Waals surface area contributed by atoms with Gasteiger partial charge in [-0.2, -0.15) is 8.42 Å². The van der Waals surface area contributed by atoms with Crippen LogP contribution in [-0.2, 0) is 19.4 Å². The van der Waals surface area contributed by atoms with Crippen LogP contribution in [0.4, 0.5) is 0 Å². The van der Waals surface area contributed by atoms with Crippen molar-refractivity contribution in [3.8, 4) is 0 Å². The highest BCUT2D eigenvalue weighted by atomic mass is 32.3. The fourth-order valence-corrected chi connectivity index (χ4v) is 1.16. The first-order valence-corrected chi connectivity index (χ1v) is 4.35. The third-order valence-electron chi connectivity index (χ3n) is 0.855. The van der Waals surface area contributed by atoms with Crippen LogP contribution < -0.4 is 0 Å². The minimum atomic E-state index is -4.50. The number of aliphatic imine (C=N–C) groups is 1. The zero-order chi connectivity index (χ0) is 9.83. The Morgan fingerprint density at radius 2 is 2.08 bits per heavy atom. The lowest BCUT2D eigenvalue weighted by Crippen LogP contribution is -2.31. The van der Waals surface area contributed by atoms with Gasteiger partial charge < -0.3 is 0 Å². The highest BCUT2D eigenvalue weighted by Gasteiger charge is 2.24. The zero-order valence-corrected chi connectivity index (χ0v) is 7.46. The second-order valence-corrected chi connectivity index (χ2v) is 3.70. The molecule has 1 N–H and O–H groups in total. The Bertz CT molecular complexity index is 287. The van der Waals surface area contributed by atoms with Crippen molar-refractivity contribution in [3.63, 3.8) is 0 Å². The van der Waals surface area contributed by atoms with Crippen molar-refractivity contribution in [2.24, 2.45) is 4.99 Å². The molecule has 0 unspecified atom stereocenters. The Morgan fingerprint density at radius 1 is 1.58 bits per heavy atom. The summed E-state index contributed by atoms with van der Waals surface area (Å²) in [4.78, 5) is 12.8. The Morgan fingerprint density at radius 3 is 2.42 bits per heavy atom. The molecule has 0 amide bonds. The van der Waals surface area contributed by atoms with Crippen molar-refractivity contribution in [2.45, 2.75) is 19.4 Å². The van der Waals surface area contributed by atoms with Crippen molar-refractivity contribution in [3.05, 3.63) is 0 Å². The first-order valence-electron chi connectivity index (χ1n) is 2.98. The van der Waals surface area contributed by atoms with E-state index in [2.05, 4.69) is 9.18 Å². The van der Waals surface area contributed by atoms with Gasteiger partial charge in [-0.3, -0.25) is 4.55 Å². The van der Waals surface area contributed by atoms with Crippen LogP contribution in [0, 0.1) is 0 Å². The van der Waals surface area contributed by atoms with Gasteiger partial charge in [0.15, 0.2) is 0 Å². The summed E-state index contributed by atoms with van der Waals surface area (Å²) in [6, 6.07) is 0. The van der Waals surface area contributed by atoms with Crippen molar-refractivity contribution < 1.29 is 21.9 Å². The molecule has 0 aliphatic heterocycles. The van der Waals surface area contributed by atoms with E-state index in [4.69, 9.17) is 4.55 Å². The fraction of sp³-hybridized carbons (Fsp3) is 0.800. The van der Waals surface area contributed by atoms with Crippen molar-refractivity contribution in [1.82, 2.24) is 0 Å². The van der Waals surface area contributed by atoms with Gasteiger partial charge >= 0.3 is 10.4 Å². The van der Waals surface area contributed by atoms with Gasteiger partial charge in [0.05, 0.1) is 6.54 Å². The van der Waals surface area contributed by atoms with E-state index in [0.717, 1.165) is 0 Å². The van der Waals surface area contributed by atoms with Crippen molar-refractivity contribution in [1.29, 1.82) is 0 Å². The molecule has 0 fully saturated rings. The fourth-order valence-electron chi connectivity index (χ4n) is 0.534. The molecule has 0 saturated carbocycles. The average Bonchev–Trinajstić information content (AvgIpc) is 1.78. The van der Waals surface area contributed by atoms with E-state index >= 15 is 0 Å². The van der Waals surface area contributed by atoms with Gasteiger partial charge in [-0.1, -0.05) is 0 Å². The number of carbonyl (C=O) groups excluding carboxylic acids is 1. The third kappa shape index (κ3) is 5.99. The first-order chi connectivity index (χ1) is 5.27. The number of rotatable bonds is 4. The quantitative estimate of drug-likeness (QED) is 0.384. The standard InChI is InChI=1S/C5H9NO5S/c1-5(2,3-6-4-7)11-12(8,9)10/h3H2,1-2H3,(H,8,9,10). The van der Waals surface area contributed by atoms with E-state index in [-0.39, 0.29) is 6.54 Å². The molecule has 0 aliphatic rings. The molecular weight excluding hydrogens is 186 g/mol. The van der Waals surface area contributed by atoms with Crippen LogP contribution in [0.25, 0.3) is 0 Å². The minimum Gasteiger partial charge on any atom is -0.264 e. The molecule has 70 valence electrons. The highest BCUT2D eigenvalue weighted by molar-refractivity contribution is 7.80. The van der Waals surface area contributed by atoms with Crippen molar-refractivity contribution >= 4 is 16.5 Å². The van der Waals surface area contributed by atoms with Gasteiger partial charge in [0.25, 0.3) is 0 Å². The lowest BCUT2D eigenvalue weighted by molar-refractivity contribution is 0.109. The van der Waals surface area contributed by atoms with Crippen LogP contribution in [-0.4, -0.2) is 31.2 Å². The minimum absolute atomic E-state index is 0.184. The Kier molecular flexibility index (Phi) is 3.54. The maximum atomic E-state index is 10.2. The van der Waals surface area contributed by atoms with Crippen LogP contribution in [0.1, 0.15) is 13.8 Å². The molecule has 0 radical (unpaired) electrons. The third-order valence-corrected chi connectivity index (χ3v) is 1.52. The molecule has 7 heteroatoms. The predicted octanol–water partition coefficient (Wildman–Crippen LogP) is -0.0798. The van der Waals surface area contributed by atoms with Gasteiger partial charge in [0.2, 0.25) is 6.08 Å². The number of hydrogen-bond acceptors (Lipinski definition) is 5. The molecular formula is C5H9NO5S. The van der Waals surface area contributed by atoms with Gasteiger partial charge in [0.1, 0.15) is 5.60 Å². The van der Waals surface area contributed by atoms with E-state index in [1.165, 1.54) is 19.9 Å². The van der Waals surface area contributed by atoms with Crippen LogP contribution in [0.3, 0.4) is 0 Å². The number of isocyanates is 1. The molecule has 12 heavy (non-hydrogen) atoms.